The fourth-order valence-electron chi connectivity index (χ4n) is 1.90. The van der Waals surface area contributed by atoms with E-state index in [0.717, 1.165) is 18.7 Å². The molecule has 0 spiro atoms. The molecule has 1 heterocycles. The summed E-state index contributed by atoms with van der Waals surface area (Å²) in [5.74, 6) is 1.75. The zero-order valence-electron chi connectivity index (χ0n) is 13.1. The lowest BCUT2D eigenvalue weighted by Crippen LogP contribution is -2.52. The molecule has 20 heavy (non-hydrogen) atoms. The summed E-state index contributed by atoms with van der Waals surface area (Å²) in [6, 6.07) is -0.506. The molecule has 1 unspecified atom stereocenters. The van der Waals surface area contributed by atoms with Crippen LogP contribution in [0.3, 0.4) is 0 Å². The number of nitrogens with one attached hydrogen (secondary N) is 1. The summed E-state index contributed by atoms with van der Waals surface area (Å²) in [5.41, 5.74) is -0.559. The van der Waals surface area contributed by atoms with Gasteiger partial charge in [0.05, 0.1) is 5.88 Å². The van der Waals surface area contributed by atoms with Gasteiger partial charge in [-0.05, 0) is 26.7 Å². The first-order valence-corrected chi connectivity index (χ1v) is 8.26. The average Bonchev–Trinajstić information content (AvgIpc) is 2.85. The topological polar surface area (TPSA) is 58.6 Å². The number of rotatable bonds is 4. The van der Waals surface area contributed by atoms with Gasteiger partial charge in [-0.1, -0.05) is 20.3 Å². The molecule has 1 saturated heterocycles. The smallest absolute Gasteiger partial charge is 0.408 e. The number of carbonyl (C=O) groups is 2. The van der Waals surface area contributed by atoms with Crippen LogP contribution in [0.5, 0.6) is 0 Å². The van der Waals surface area contributed by atoms with E-state index in [9.17, 15) is 9.59 Å². The van der Waals surface area contributed by atoms with Gasteiger partial charge < -0.3 is 15.0 Å². The fraction of sp³-hybridized carbons (Fsp3) is 0.857. The van der Waals surface area contributed by atoms with Crippen molar-refractivity contribution in [3.8, 4) is 0 Å². The number of alkyl carbamates (subject to hydrolysis) is 1. The number of carbonyl (C=O) groups excluding carboxylic acids is 2. The van der Waals surface area contributed by atoms with E-state index in [2.05, 4.69) is 5.32 Å². The third-order valence-electron chi connectivity index (χ3n) is 3.22. The summed E-state index contributed by atoms with van der Waals surface area (Å²) >= 11 is 1.74. The van der Waals surface area contributed by atoms with Crippen LogP contribution in [0.4, 0.5) is 4.79 Å². The molecule has 1 fully saturated rings. The largest absolute Gasteiger partial charge is 0.444 e. The molecule has 116 valence electrons. The van der Waals surface area contributed by atoms with E-state index in [1.54, 1.807) is 16.7 Å². The van der Waals surface area contributed by atoms with Crippen molar-refractivity contribution in [3.63, 3.8) is 0 Å². The Labute approximate surface area is 125 Å². The normalized spacial score (nSPS) is 18.6. The highest BCUT2D eigenvalue weighted by atomic mass is 32.2. The van der Waals surface area contributed by atoms with Crippen LogP contribution in [-0.4, -0.2) is 46.7 Å². The molecule has 0 aromatic rings. The van der Waals surface area contributed by atoms with Crippen molar-refractivity contribution in [2.45, 2.75) is 52.7 Å². The Balaban J connectivity index is 2.69. The Morgan fingerprint density at radius 3 is 2.50 bits per heavy atom. The van der Waals surface area contributed by atoms with Crippen LogP contribution in [0.25, 0.3) is 0 Å². The first-order valence-electron chi connectivity index (χ1n) is 7.10. The van der Waals surface area contributed by atoms with Gasteiger partial charge in [-0.2, -0.15) is 0 Å². The van der Waals surface area contributed by atoms with E-state index >= 15 is 0 Å². The third-order valence-corrected chi connectivity index (χ3v) is 4.18. The van der Waals surface area contributed by atoms with Crippen LogP contribution in [0.1, 0.15) is 41.0 Å². The molecule has 0 aromatic heterocycles. The number of thioether (sulfide) groups is 1. The van der Waals surface area contributed by atoms with E-state index in [1.165, 1.54) is 0 Å². The van der Waals surface area contributed by atoms with Crippen molar-refractivity contribution in [3.05, 3.63) is 0 Å². The third kappa shape index (κ3) is 5.23. The minimum atomic E-state index is -0.559. The predicted molar refractivity (Wildman–Crippen MR) is 81.7 cm³/mol. The first kappa shape index (κ1) is 17.1. The van der Waals surface area contributed by atoms with E-state index in [4.69, 9.17) is 4.74 Å². The lowest BCUT2D eigenvalue weighted by molar-refractivity contribution is -0.133. The van der Waals surface area contributed by atoms with E-state index in [1.807, 2.05) is 34.6 Å². The number of nitrogens with zero attached hydrogens (tertiary/aromatic N) is 1. The summed E-state index contributed by atoms with van der Waals surface area (Å²) in [5, 5.41) is 2.74. The van der Waals surface area contributed by atoms with Crippen molar-refractivity contribution < 1.29 is 14.3 Å². The Bertz CT molecular complexity index is 349. The maximum absolute atomic E-state index is 12.5. The molecular formula is C14H26N2O3S. The average molecular weight is 302 g/mol. The van der Waals surface area contributed by atoms with Crippen LogP contribution < -0.4 is 5.32 Å². The molecule has 0 aromatic carbocycles. The first-order chi connectivity index (χ1) is 9.24. The monoisotopic (exact) mass is 302 g/mol. The lowest BCUT2D eigenvalue weighted by atomic mass is 9.98. The summed E-state index contributed by atoms with van der Waals surface area (Å²) < 4.78 is 5.25. The van der Waals surface area contributed by atoms with E-state index < -0.39 is 17.7 Å². The summed E-state index contributed by atoms with van der Waals surface area (Å²) in [6.07, 6.45) is 0.302. The standard InChI is InChI=1S/C14H26N2O3S/c1-6-10(2)11(12(17)16-7-8-20-9-16)15-13(18)19-14(3,4)5/h10-11H,6-9H2,1-5H3,(H,15,18)/t10-,11?/m0/s1. The molecular weight excluding hydrogens is 276 g/mol. The van der Waals surface area contributed by atoms with Gasteiger partial charge in [0.2, 0.25) is 5.91 Å². The van der Waals surface area contributed by atoms with Gasteiger partial charge in [0.1, 0.15) is 11.6 Å². The lowest BCUT2D eigenvalue weighted by Gasteiger charge is -2.29. The molecule has 1 rings (SSSR count). The van der Waals surface area contributed by atoms with Crippen molar-refractivity contribution in [2.75, 3.05) is 18.2 Å². The predicted octanol–water partition coefficient (Wildman–Crippen LogP) is 2.46. The Kier molecular flexibility index (Phi) is 6.17. The molecule has 0 aliphatic carbocycles. The summed E-state index contributed by atoms with van der Waals surface area (Å²) in [6.45, 7) is 10.2. The van der Waals surface area contributed by atoms with Gasteiger partial charge >= 0.3 is 6.09 Å². The van der Waals surface area contributed by atoms with Crippen molar-refractivity contribution in [1.82, 2.24) is 10.2 Å². The Morgan fingerprint density at radius 1 is 1.40 bits per heavy atom. The highest BCUT2D eigenvalue weighted by Gasteiger charge is 2.32. The zero-order valence-corrected chi connectivity index (χ0v) is 13.9. The Morgan fingerprint density at radius 2 is 2.05 bits per heavy atom. The maximum atomic E-state index is 12.5. The van der Waals surface area contributed by atoms with Gasteiger partial charge in [0.25, 0.3) is 0 Å². The van der Waals surface area contributed by atoms with E-state index in [0.29, 0.717) is 5.88 Å². The highest BCUT2D eigenvalue weighted by Crippen LogP contribution is 2.18. The molecule has 1 N–H and O–H groups in total. The van der Waals surface area contributed by atoms with Gasteiger partial charge in [0, 0.05) is 12.3 Å². The molecule has 1 aliphatic heterocycles. The number of amides is 2. The molecule has 2 atom stereocenters. The second kappa shape index (κ2) is 7.20. The molecule has 2 amide bonds. The molecule has 0 bridgehead atoms. The molecule has 6 heteroatoms. The van der Waals surface area contributed by atoms with Gasteiger partial charge in [-0.25, -0.2) is 4.79 Å². The number of hydrogen-bond donors (Lipinski definition) is 1. The van der Waals surface area contributed by atoms with Crippen molar-refractivity contribution in [1.29, 1.82) is 0 Å². The maximum Gasteiger partial charge on any atom is 0.408 e. The second-order valence-corrected chi connectivity index (χ2v) is 7.22. The van der Waals surface area contributed by atoms with Gasteiger partial charge in [-0.15, -0.1) is 11.8 Å². The summed E-state index contributed by atoms with van der Waals surface area (Å²) in [4.78, 5) is 26.2. The van der Waals surface area contributed by atoms with Gasteiger partial charge in [-0.3, -0.25) is 4.79 Å². The van der Waals surface area contributed by atoms with Crippen LogP contribution >= 0.6 is 11.8 Å². The van der Waals surface area contributed by atoms with Crippen molar-refractivity contribution in [2.24, 2.45) is 5.92 Å². The molecule has 5 nitrogen and oxygen atoms in total. The SMILES string of the molecule is CC[C@H](C)C(NC(=O)OC(C)(C)C)C(=O)N1CCSC1. The van der Waals surface area contributed by atoms with Crippen LogP contribution in [0.2, 0.25) is 0 Å². The molecule has 0 radical (unpaired) electrons. The second-order valence-electron chi connectivity index (χ2n) is 6.15. The van der Waals surface area contributed by atoms with E-state index in [-0.39, 0.29) is 11.8 Å². The minimum absolute atomic E-state index is 0.00444. The number of hydrogen-bond acceptors (Lipinski definition) is 4. The molecule has 1 aliphatic rings. The summed E-state index contributed by atoms with van der Waals surface area (Å²) in [7, 11) is 0. The fourth-order valence-corrected chi connectivity index (χ4v) is 2.86. The van der Waals surface area contributed by atoms with Gasteiger partial charge in [0.15, 0.2) is 0 Å². The Hall–Kier alpha value is -0.910. The van der Waals surface area contributed by atoms with Crippen LogP contribution in [0.15, 0.2) is 0 Å². The minimum Gasteiger partial charge on any atom is -0.444 e. The molecule has 0 saturated carbocycles. The van der Waals surface area contributed by atoms with Crippen molar-refractivity contribution >= 4 is 23.8 Å². The van der Waals surface area contributed by atoms with Crippen LogP contribution in [0, 0.1) is 5.92 Å². The quantitative estimate of drug-likeness (QED) is 0.866. The zero-order chi connectivity index (χ0) is 15.3. The highest BCUT2D eigenvalue weighted by molar-refractivity contribution is 7.99. The van der Waals surface area contributed by atoms with Crippen LogP contribution in [-0.2, 0) is 9.53 Å². The number of ether oxygens (including phenoxy) is 1.